The van der Waals surface area contributed by atoms with E-state index in [-0.39, 0.29) is 18.3 Å². The smallest absolute Gasteiger partial charge is 0.267 e. The molecule has 1 aromatic heterocycles. The van der Waals surface area contributed by atoms with Crippen LogP contribution in [0.4, 0.5) is 4.39 Å². The maximum Gasteiger partial charge on any atom is 0.267 e. The molecule has 1 amide bonds. The Morgan fingerprint density at radius 1 is 1.20 bits per heavy atom. The molecule has 0 spiro atoms. The van der Waals surface area contributed by atoms with Gasteiger partial charge in [-0.15, -0.1) is 0 Å². The monoisotopic (exact) mass is 342 g/mol. The molecular formula is C19H19FN2O3. The van der Waals surface area contributed by atoms with Crippen molar-refractivity contribution < 1.29 is 18.7 Å². The van der Waals surface area contributed by atoms with Gasteiger partial charge in [-0.05, 0) is 35.9 Å². The van der Waals surface area contributed by atoms with Crippen LogP contribution in [0.15, 0.2) is 48.5 Å². The van der Waals surface area contributed by atoms with Crippen LogP contribution in [0.25, 0.3) is 10.9 Å². The first kappa shape index (κ1) is 17.0. The number of benzene rings is 2. The molecule has 2 aromatic carbocycles. The van der Waals surface area contributed by atoms with Crippen LogP contribution < -0.4 is 10.1 Å². The van der Waals surface area contributed by atoms with E-state index >= 15 is 0 Å². The molecule has 0 aliphatic heterocycles. The highest BCUT2D eigenvalue weighted by Crippen LogP contribution is 2.21. The lowest BCUT2D eigenvalue weighted by molar-refractivity contribution is 0.0824. The number of fused-ring (bicyclic) bond motifs is 1. The lowest BCUT2D eigenvalue weighted by Crippen LogP contribution is -2.29. The van der Waals surface area contributed by atoms with Gasteiger partial charge in [0.05, 0.1) is 13.2 Å². The van der Waals surface area contributed by atoms with Crippen molar-refractivity contribution in [2.24, 2.45) is 0 Å². The van der Waals surface area contributed by atoms with Crippen molar-refractivity contribution in [3.8, 4) is 5.75 Å². The molecule has 0 saturated carbocycles. The number of carbonyl (C=O) groups excluding carboxylic acids is 1. The number of ether oxygens (including phenoxy) is 2. The number of hydrogen-bond donors (Lipinski definition) is 2. The lowest BCUT2D eigenvalue weighted by atomic mass is 10.1. The van der Waals surface area contributed by atoms with Crippen LogP contribution in [-0.4, -0.2) is 31.7 Å². The second-order valence-corrected chi connectivity index (χ2v) is 5.63. The maximum absolute atomic E-state index is 13.3. The van der Waals surface area contributed by atoms with Crippen LogP contribution in [0.3, 0.4) is 0 Å². The Morgan fingerprint density at radius 3 is 2.76 bits per heavy atom. The van der Waals surface area contributed by atoms with Gasteiger partial charge in [0.1, 0.15) is 17.3 Å². The molecule has 5 nitrogen and oxygen atoms in total. The molecule has 1 atom stereocenters. The number of rotatable bonds is 6. The molecule has 2 N–H and O–H groups in total. The second-order valence-electron chi connectivity index (χ2n) is 5.63. The van der Waals surface area contributed by atoms with Crippen molar-refractivity contribution in [3.05, 3.63) is 65.6 Å². The average Bonchev–Trinajstić information content (AvgIpc) is 3.05. The molecular weight excluding hydrogens is 323 g/mol. The van der Waals surface area contributed by atoms with Crippen LogP contribution in [0.5, 0.6) is 5.75 Å². The first-order valence-corrected chi connectivity index (χ1v) is 7.84. The normalized spacial score (nSPS) is 12.1. The number of amides is 1. The quantitative estimate of drug-likeness (QED) is 0.721. The van der Waals surface area contributed by atoms with Gasteiger partial charge in [-0.3, -0.25) is 4.79 Å². The van der Waals surface area contributed by atoms with Gasteiger partial charge in [0, 0.05) is 30.6 Å². The minimum Gasteiger partial charge on any atom is -0.497 e. The maximum atomic E-state index is 13.3. The summed E-state index contributed by atoms with van der Waals surface area (Å²) in [6, 6.07) is 13.5. The van der Waals surface area contributed by atoms with Crippen LogP contribution in [0.2, 0.25) is 0 Å². The molecule has 0 aliphatic carbocycles. The number of hydrogen-bond acceptors (Lipinski definition) is 3. The van der Waals surface area contributed by atoms with Crippen LogP contribution in [-0.2, 0) is 4.74 Å². The van der Waals surface area contributed by atoms with Crippen molar-refractivity contribution >= 4 is 16.8 Å². The van der Waals surface area contributed by atoms with E-state index in [4.69, 9.17) is 9.47 Å². The van der Waals surface area contributed by atoms with Crippen molar-refractivity contribution in [1.29, 1.82) is 0 Å². The molecule has 0 unspecified atom stereocenters. The molecule has 0 bridgehead atoms. The summed E-state index contributed by atoms with van der Waals surface area (Å²) in [6.45, 7) is 0.234. The van der Waals surface area contributed by atoms with Gasteiger partial charge in [-0.2, -0.15) is 0 Å². The van der Waals surface area contributed by atoms with Crippen LogP contribution >= 0.6 is 0 Å². The summed E-state index contributed by atoms with van der Waals surface area (Å²) < 4.78 is 23.9. The molecule has 0 aliphatic rings. The zero-order valence-electron chi connectivity index (χ0n) is 14.0. The van der Waals surface area contributed by atoms with Gasteiger partial charge in [0.15, 0.2) is 0 Å². The predicted octanol–water partition coefficient (Wildman–Crippen LogP) is 3.43. The summed E-state index contributed by atoms with van der Waals surface area (Å²) in [5.74, 6) is 0.121. The summed E-state index contributed by atoms with van der Waals surface area (Å²) in [5, 5.41) is 3.72. The Hall–Kier alpha value is -2.86. The fourth-order valence-electron chi connectivity index (χ4n) is 2.68. The Balaban J connectivity index is 1.71. The minimum atomic E-state index is -0.427. The van der Waals surface area contributed by atoms with Gasteiger partial charge in [-0.1, -0.05) is 12.1 Å². The molecule has 130 valence electrons. The second kappa shape index (κ2) is 7.36. The first-order valence-electron chi connectivity index (χ1n) is 7.84. The largest absolute Gasteiger partial charge is 0.497 e. The van der Waals surface area contributed by atoms with Crippen LogP contribution in [0, 0.1) is 5.82 Å². The molecule has 0 saturated heterocycles. The highest BCUT2D eigenvalue weighted by Gasteiger charge is 2.15. The van der Waals surface area contributed by atoms with Crippen molar-refractivity contribution in [2.45, 2.75) is 6.10 Å². The van der Waals surface area contributed by atoms with Gasteiger partial charge in [0.25, 0.3) is 5.91 Å². The Kier molecular flexibility index (Phi) is 5.00. The standard InChI is InChI=1S/C19H19FN2O3/c1-24-15-7-6-12-9-17(22-16(12)10-15)19(23)21-11-18(25-2)13-4-3-5-14(20)8-13/h3-10,18,22H,11H2,1-2H3,(H,21,23)/t18-/m0/s1. The van der Waals surface area contributed by atoms with E-state index in [9.17, 15) is 9.18 Å². The number of aromatic nitrogens is 1. The van der Waals surface area contributed by atoms with E-state index in [0.29, 0.717) is 17.0 Å². The number of halogens is 1. The fourth-order valence-corrected chi connectivity index (χ4v) is 2.68. The summed E-state index contributed by atoms with van der Waals surface area (Å²) in [7, 11) is 3.12. The van der Waals surface area contributed by atoms with Gasteiger partial charge in [-0.25, -0.2) is 4.39 Å². The van der Waals surface area contributed by atoms with E-state index in [1.165, 1.54) is 19.2 Å². The van der Waals surface area contributed by atoms with Gasteiger partial charge in [0.2, 0.25) is 0 Å². The summed E-state index contributed by atoms with van der Waals surface area (Å²) in [5.41, 5.74) is 1.93. The molecule has 3 rings (SSSR count). The Bertz CT molecular complexity index is 891. The molecule has 3 aromatic rings. The van der Waals surface area contributed by atoms with E-state index in [1.54, 1.807) is 25.3 Å². The number of aromatic amines is 1. The zero-order chi connectivity index (χ0) is 17.8. The Labute approximate surface area is 144 Å². The Morgan fingerprint density at radius 2 is 2.04 bits per heavy atom. The molecule has 0 radical (unpaired) electrons. The molecule has 0 fully saturated rings. The zero-order valence-corrected chi connectivity index (χ0v) is 14.0. The molecule has 25 heavy (non-hydrogen) atoms. The third-order valence-corrected chi connectivity index (χ3v) is 4.03. The van der Waals surface area contributed by atoms with Crippen molar-refractivity contribution in [2.75, 3.05) is 20.8 Å². The van der Waals surface area contributed by atoms with E-state index in [1.807, 2.05) is 18.2 Å². The average molecular weight is 342 g/mol. The van der Waals surface area contributed by atoms with Gasteiger partial charge >= 0.3 is 0 Å². The lowest BCUT2D eigenvalue weighted by Gasteiger charge is -2.16. The van der Waals surface area contributed by atoms with Gasteiger partial charge < -0.3 is 19.8 Å². The summed E-state index contributed by atoms with van der Waals surface area (Å²) in [4.78, 5) is 15.5. The SMILES string of the molecule is COc1ccc2cc(C(=O)NC[C@H](OC)c3cccc(F)c3)[nH]c2c1. The number of nitrogens with one attached hydrogen (secondary N) is 2. The van der Waals surface area contributed by atoms with Crippen molar-refractivity contribution in [3.63, 3.8) is 0 Å². The minimum absolute atomic E-state index is 0.234. The summed E-state index contributed by atoms with van der Waals surface area (Å²) in [6.07, 6.45) is -0.427. The van der Waals surface area contributed by atoms with Crippen LogP contribution in [0.1, 0.15) is 22.2 Å². The van der Waals surface area contributed by atoms with E-state index < -0.39 is 6.10 Å². The third kappa shape index (κ3) is 3.80. The van der Waals surface area contributed by atoms with Crippen molar-refractivity contribution in [1.82, 2.24) is 10.3 Å². The molecule has 1 heterocycles. The predicted molar refractivity (Wildman–Crippen MR) is 93.3 cm³/mol. The topological polar surface area (TPSA) is 63.4 Å². The third-order valence-electron chi connectivity index (χ3n) is 4.03. The first-order chi connectivity index (χ1) is 12.1. The number of methoxy groups -OCH3 is 2. The highest BCUT2D eigenvalue weighted by atomic mass is 19.1. The fraction of sp³-hybridized carbons (Fsp3) is 0.211. The number of carbonyl (C=O) groups is 1. The van der Waals surface area contributed by atoms with E-state index in [0.717, 1.165) is 10.9 Å². The van der Waals surface area contributed by atoms with E-state index in [2.05, 4.69) is 10.3 Å². The summed E-state index contributed by atoms with van der Waals surface area (Å²) >= 11 is 0. The highest BCUT2D eigenvalue weighted by molar-refractivity contribution is 5.98. The number of H-pyrrole nitrogens is 1. The molecule has 6 heteroatoms.